The van der Waals surface area contributed by atoms with Crippen LogP contribution in [0.5, 0.6) is 0 Å². The van der Waals surface area contributed by atoms with Crippen LogP contribution in [0.25, 0.3) is 16.9 Å². The summed E-state index contributed by atoms with van der Waals surface area (Å²) in [6.45, 7) is 3.24. The largest absolute Gasteiger partial charge is 0.394 e. The number of nitrogens with zero attached hydrogens (tertiary/aromatic N) is 6. The van der Waals surface area contributed by atoms with Gasteiger partial charge >= 0.3 is 0 Å². The van der Waals surface area contributed by atoms with Gasteiger partial charge in [-0.2, -0.15) is 5.10 Å². The van der Waals surface area contributed by atoms with Gasteiger partial charge in [0.2, 0.25) is 0 Å². The monoisotopic (exact) mass is 500 g/mol. The average molecular weight is 500 g/mol. The minimum atomic E-state index is -1.58. The predicted octanol–water partition coefficient (Wildman–Crippen LogP) is 2.98. The van der Waals surface area contributed by atoms with Crippen LogP contribution >= 0.6 is 0 Å². The number of ether oxygens (including phenoxy) is 1. The quantitative estimate of drug-likeness (QED) is 0.406. The van der Waals surface area contributed by atoms with E-state index >= 15 is 0 Å². The fourth-order valence-corrected chi connectivity index (χ4v) is 4.40. The average Bonchev–Trinajstić information content (AvgIpc) is 3.50. The Morgan fingerprint density at radius 1 is 1.11 bits per heavy atom. The molecule has 0 aliphatic carbocycles. The van der Waals surface area contributed by atoms with Gasteiger partial charge in [0.05, 0.1) is 24.5 Å². The van der Waals surface area contributed by atoms with Crippen molar-refractivity contribution >= 4 is 0 Å². The first kappa shape index (κ1) is 24.1. The molecule has 0 bridgehead atoms. The molecule has 1 saturated heterocycles. The van der Waals surface area contributed by atoms with Crippen molar-refractivity contribution in [2.75, 3.05) is 6.61 Å². The maximum Gasteiger partial charge on any atom is 0.194 e. The molecule has 9 nitrogen and oxygen atoms in total. The topological polar surface area (TPSA) is 111 Å². The Morgan fingerprint density at radius 2 is 1.86 bits per heavy atom. The lowest BCUT2D eigenvalue weighted by Gasteiger charge is -2.38. The molecule has 12 heteroatoms. The summed E-state index contributed by atoms with van der Waals surface area (Å²) in [6, 6.07) is 8.60. The third-order valence-electron chi connectivity index (χ3n) is 6.15. The molecule has 3 heterocycles. The smallest absolute Gasteiger partial charge is 0.194 e. The second kappa shape index (κ2) is 9.45. The minimum absolute atomic E-state index is 0.00993. The van der Waals surface area contributed by atoms with Gasteiger partial charge in [0.1, 0.15) is 29.8 Å². The van der Waals surface area contributed by atoms with E-state index < -0.39 is 48.4 Å². The van der Waals surface area contributed by atoms with E-state index in [2.05, 4.69) is 20.4 Å². The molecular weight excluding hydrogens is 477 g/mol. The second-order valence-corrected chi connectivity index (χ2v) is 8.75. The van der Waals surface area contributed by atoms with Crippen LogP contribution in [0, 0.1) is 31.3 Å². The van der Waals surface area contributed by atoms with Crippen LogP contribution in [0.1, 0.15) is 35.8 Å². The third kappa shape index (κ3) is 4.38. The zero-order chi connectivity index (χ0) is 25.6. The van der Waals surface area contributed by atoms with E-state index in [0.717, 1.165) is 23.4 Å². The van der Waals surface area contributed by atoms with Crippen molar-refractivity contribution < 1.29 is 28.1 Å². The van der Waals surface area contributed by atoms with Crippen LogP contribution in [-0.2, 0) is 4.74 Å². The van der Waals surface area contributed by atoms with E-state index in [0.29, 0.717) is 11.6 Å². The fourth-order valence-electron chi connectivity index (χ4n) is 4.40. The number of aryl methyl sites for hydroxylation is 2. The van der Waals surface area contributed by atoms with E-state index in [1.54, 1.807) is 11.6 Å². The number of aliphatic hydroxyl groups excluding tert-OH is 2. The summed E-state index contributed by atoms with van der Waals surface area (Å²) in [4.78, 5) is 4.54. The molecule has 0 saturated carbocycles. The van der Waals surface area contributed by atoms with Crippen molar-refractivity contribution in [2.24, 2.45) is 0 Å². The van der Waals surface area contributed by atoms with Crippen molar-refractivity contribution in [3.8, 4) is 16.9 Å². The molecule has 4 aromatic rings. The highest BCUT2D eigenvalue weighted by Gasteiger charge is 2.41. The predicted molar refractivity (Wildman–Crippen MR) is 121 cm³/mol. The fraction of sp³-hybridized carbons (Fsp3) is 0.333. The molecule has 0 amide bonds. The van der Waals surface area contributed by atoms with Gasteiger partial charge in [-0.3, -0.25) is 0 Å². The van der Waals surface area contributed by atoms with Gasteiger partial charge < -0.3 is 14.9 Å². The minimum Gasteiger partial charge on any atom is -0.394 e. The molecule has 4 unspecified atom stereocenters. The number of halogens is 3. The number of benzene rings is 2. The first-order valence-corrected chi connectivity index (χ1v) is 11.3. The molecule has 5 rings (SSSR count). The lowest BCUT2D eigenvalue weighted by atomic mass is 9.95. The Kier molecular flexibility index (Phi) is 6.33. The zero-order valence-corrected chi connectivity index (χ0v) is 19.4. The number of aromatic nitrogens is 6. The van der Waals surface area contributed by atoms with Gasteiger partial charge in [-0.05, 0) is 43.7 Å². The van der Waals surface area contributed by atoms with Crippen molar-refractivity contribution in [3.63, 3.8) is 0 Å². The Labute approximate surface area is 203 Å². The SMILES string of the molecule is Cc1cccc(-n2nc(C)nc2C2CC(n3cc(-c4cc(F)c(F)c(F)c4)nn3)C(O)C(CO)O2)c1. The summed E-state index contributed by atoms with van der Waals surface area (Å²) >= 11 is 0. The first-order chi connectivity index (χ1) is 17.2. The van der Waals surface area contributed by atoms with Gasteiger partial charge in [0.25, 0.3) is 0 Å². The maximum absolute atomic E-state index is 13.7. The lowest BCUT2D eigenvalue weighted by Crippen LogP contribution is -2.45. The molecule has 0 spiro atoms. The Morgan fingerprint density at radius 3 is 2.56 bits per heavy atom. The highest BCUT2D eigenvalue weighted by atomic mass is 19.2. The van der Waals surface area contributed by atoms with Crippen molar-refractivity contribution in [2.45, 2.75) is 44.6 Å². The molecule has 2 aromatic carbocycles. The van der Waals surface area contributed by atoms with Crippen molar-refractivity contribution in [1.82, 2.24) is 29.8 Å². The van der Waals surface area contributed by atoms with Crippen LogP contribution < -0.4 is 0 Å². The summed E-state index contributed by atoms with van der Waals surface area (Å²) in [5, 5.41) is 33.3. The van der Waals surface area contributed by atoms with Gasteiger partial charge in [-0.15, -0.1) is 5.10 Å². The van der Waals surface area contributed by atoms with E-state index in [-0.39, 0.29) is 17.7 Å². The van der Waals surface area contributed by atoms with Crippen molar-refractivity contribution in [1.29, 1.82) is 0 Å². The highest BCUT2D eigenvalue weighted by molar-refractivity contribution is 5.57. The third-order valence-corrected chi connectivity index (χ3v) is 6.15. The van der Waals surface area contributed by atoms with Crippen molar-refractivity contribution in [3.05, 3.63) is 77.3 Å². The van der Waals surface area contributed by atoms with Gasteiger partial charge in [-0.25, -0.2) is 27.5 Å². The van der Waals surface area contributed by atoms with Gasteiger partial charge in [-0.1, -0.05) is 17.3 Å². The van der Waals surface area contributed by atoms with Crippen LogP contribution in [-0.4, -0.2) is 58.8 Å². The zero-order valence-electron chi connectivity index (χ0n) is 19.4. The Balaban J connectivity index is 1.49. The molecule has 2 N–H and O–H groups in total. The molecule has 1 aliphatic heterocycles. The molecule has 2 aromatic heterocycles. The highest BCUT2D eigenvalue weighted by Crippen LogP contribution is 2.38. The molecule has 0 radical (unpaired) electrons. The van der Waals surface area contributed by atoms with E-state index in [1.807, 2.05) is 31.2 Å². The molecule has 1 fully saturated rings. The number of rotatable bonds is 5. The van der Waals surface area contributed by atoms with E-state index in [4.69, 9.17) is 4.74 Å². The molecule has 1 aliphatic rings. The summed E-state index contributed by atoms with van der Waals surface area (Å²) in [7, 11) is 0. The van der Waals surface area contributed by atoms with Gasteiger partial charge in [0, 0.05) is 12.0 Å². The Hall–Kier alpha value is -3.61. The number of aliphatic hydroxyl groups is 2. The summed E-state index contributed by atoms with van der Waals surface area (Å²) in [6.07, 6.45) is -1.22. The van der Waals surface area contributed by atoms with Crippen LogP contribution in [0.2, 0.25) is 0 Å². The van der Waals surface area contributed by atoms with Gasteiger partial charge in [0.15, 0.2) is 23.3 Å². The molecule has 188 valence electrons. The molecular formula is C24H23F3N6O3. The number of hydrogen-bond donors (Lipinski definition) is 2. The summed E-state index contributed by atoms with van der Waals surface area (Å²) in [5.41, 5.74) is 1.88. The standard InChI is InChI=1S/C24H23F3N6O3/c1-12-4-3-5-15(6-12)33-24(28-13(2)30-33)20-9-19(23(35)21(11-34)36-20)32-10-18(29-31-32)14-7-16(25)22(27)17(26)8-14/h3-8,10,19-21,23,34-35H,9,11H2,1-2H3. The lowest BCUT2D eigenvalue weighted by molar-refractivity contribution is -0.161. The molecule has 4 atom stereocenters. The van der Waals surface area contributed by atoms with Crippen LogP contribution in [0.4, 0.5) is 13.2 Å². The second-order valence-electron chi connectivity index (χ2n) is 8.75. The van der Waals surface area contributed by atoms with E-state index in [9.17, 15) is 23.4 Å². The van der Waals surface area contributed by atoms with E-state index in [1.165, 1.54) is 10.9 Å². The first-order valence-electron chi connectivity index (χ1n) is 11.3. The number of hydrogen-bond acceptors (Lipinski definition) is 7. The maximum atomic E-state index is 13.7. The Bertz CT molecular complexity index is 1380. The normalized spacial score (nSPS) is 22.2. The summed E-state index contributed by atoms with van der Waals surface area (Å²) < 4.78 is 49.8. The van der Waals surface area contributed by atoms with Crippen LogP contribution in [0.3, 0.4) is 0 Å². The molecule has 36 heavy (non-hydrogen) atoms. The summed E-state index contributed by atoms with van der Waals surface area (Å²) in [5.74, 6) is -3.28. The van der Waals surface area contributed by atoms with Crippen LogP contribution in [0.15, 0.2) is 42.6 Å².